The molecule has 4 nitrogen and oxygen atoms in total. The van der Waals surface area contributed by atoms with Crippen molar-refractivity contribution in [2.24, 2.45) is 0 Å². The maximum atomic E-state index is 6.41. The number of hydrogen-bond acceptors (Lipinski definition) is 4. The Morgan fingerprint density at radius 2 is 1.20 bits per heavy atom. The topological polar surface area (TPSA) is 51.8 Å². The zero-order valence-corrected chi connectivity index (χ0v) is 27.3. The lowest BCUT2D eigenvalue weighted by Crippen LogP contribution is -2.03. The highest BCUT2D eigenvalue weighted by Gasteiger charge is 2.21. The summed E-state index contributed by atoms with van der Waals surface area (Å²) in [5.41, 5.74) is 7.77. The number of para-hydroxylation sites is 1. The van der Waals surface area contributed by atoms with E-state index in [1.54, 1.807) is 0 Å². The molecule has 9 rings (SSSR count). The Morgan fingerprint density at radius 3 is 2.04 bits per heavy atom. The molecule has 0 amide bonds. The van der Waals surface area contributed by atoms with Gasteiger partial charge in [0.25, 0.3) is 0 Å². The van der Waals surface area contributed by atoms with E-state index in [1.165, 1.54) is 5.39 Å². The molecule has 0 aliphatic heterocycles. The Hall–Kier alpha value is -6.65. The van der Waals surface area contributed by atoms with Crippen molar-refractivity contribution in [1.29, 1.82) is 0 Å². The number of aromatic nitrogens is 3. The molecule has 9 aromatic rings. The second-order valence-corrected chi connectivity index (χ2v) is 12.4. The number of furan rings is 1. The van der Waals surface area contributed by atoms with Crippen molar-refractivity contribution in [1.82, 2.24) is 15.0 Å². The molecule has 0 atom stereocenters. The highest BCUT2D eigenvalue weighted by Crippen LogP contribution is 2.40. The van der Waals surface area contributed by atoms with Crippen LogP contribution in [-0.2, 0) is 6.42 Å². The number of fused-ring (bicyclic) bond motifs is 6. The predicted octanol–water partition coefficient (Wildman–Crippen LogP) is 12.0. The van der Waals surface area contributed by atoms with E-state index in [2.05, 4.69) is 128 Å². The molecule has 4 heteroatoms. The van der Waals surface area contributed by atoms with E-state index in [9.17, 15) is 0 Å². The minimum Gasteiger partial charge on any atom is -0.456 e. The average molecular weight is 642 g/mol. The molecule has 0 unspecified atom stereocenters. The van der Waals surface area contributed by atoms with Gasteiger partial charge in [0.05, 0.1) is 0 Å². The van der Waals surface area contributed by atoms with Crippen LogP contribution in [0.4, 0.5) is 0 Å². The molecule has 2 aromatic heterocycles. The average Bonchev–Trinajstić information content (AvgIpc) is 3.56. The summed E-state index contributed by atoms with van der Waals surface area (Å²) >= 11 is 0. The van der Waals surface area contributed by atoms with Crippen LogP contribution in [0.25, 0.3) is 89.8 Å². The summed E-state index contributed by atoms with van der Waals surface area (Å²) in [6.07, 6.45) is 6.92. The van der Waals surface area contributed by atoms with Crippen molar-refractivity contribution in [3.63, 3.8) is 0 Å². The Labute approximate surface area is 289 Å². The van der Waals surface area contributed by atoms with Crippen LogP contribution in [0.1, 0.15) is 16.7 Å². The molecule has 0 aliphatic carbocycles. The summed E-state index contributed by atoms with van der Waals surface area (Å²) in [6, 6.07) is 50.0. The summed E-state index contributed by atoms with van der Waals surface area (Å²) in [7, 11) is 0. The van der Waals surface area contributed by atoms with Gasteiger partial charge in [0.1, 0.15) is 11.2 Å². The van der Waals surface area contributed by atoms with Gasteiger partial charge in [-0.25, -0.2) is 15.0 Å². The third kappa shape index (κ3) is 5.15. The molecule has 236 valence electrons. The Balaban J connectivity index is 1.32. The van der Waals surface area contributed by atoms with E-state index in [-0.39, 0.29) is 0 Å². The maximum absolute atomic E-state index is 6.41. The SMILES string of the molecule is C=Cc1ccccc1/C=C\Cc1ccc2oc3ccccc3c2c1-c1nc(-c2ccccc2)nc(-c2cc3ccccc3c3ccccc23)n1. The minimum atomic E-state index is 0.609. The predicted molar refractivity (Wildman–Crippen MR) is 208 cm³/mol. The Morgan fingerprint density at radius 1 is 0.540 bits per heavy atom. The van der Waals surface area contributed by atoms with E-state index < -0.39 is 0 Å². The van der Waals surface area contributed by atoms with Gasteiger partial charge in [-0.3, -0.25) is 0 Å². The monoisotopic (exact) mass is 641 g/mol. The van der Waals surface area contributed by atoms with Gasteiger partial charge >= 0.3 is 0 Å². The molecule has 50 heavy (non-hydrogen) atoms. The van der Waals surface area contributed by atoms with Crippen LogP contribution in [-0.4, -0.2) is 15.0 Å². The van der Waals surface area contributed by atoms with Crippen molar-refractivity contribution in [2.45, 2.75) is 6.42 Å². The van der Waals surface area contributed by atoms with E-state index in [0.717, 1.165) is 71.5 Å². The lowest BCUT2D eigenvalue weighted by molar-refractivity contribution is 0.669. The van der Waals surface area contributed by atoms with Gasteiger partial charge in [-0.2, -0.15) is 0 Å². The molecule has 2 heterocycles. The number of nitrogens with zero attached hydrogens (tertiary/aromatic N) is 3. The molecule has 0 saturated heterocycles. The summed E-state index contributed by atoms with van der Waals surface area (Å²) in [6.45, 7) is 4.00. The normalized spacial score (nSPS) is 11.7. The molecule has 0 radical (unpaired) electrons. The first-order valence-corrected chi connectivity index (χ1v) is 16.8. The molecule has 0 N–H and O–H groups in total. The zero-order valence-electron chi connectivity index (χ0n) is 27.3. The fraction of sp³-hybridized carbons (Fsp3) is 0.0217. The van der Waals surface area contributed by atoms with E-state index in [0.29, 0.717) is 23.9 Å². The molecule has 7 aromatic carbocycles. The zero-order chi connectivity index (χ0) is 33.4. The van der Waals surface area contributed by atoms with Crippen LogP contribution in [0.2, 0.25) is 0 Å². The van der Waals surface area contributed by atoms with Crippen molar-refractivity contribution in [3.05, 3.63) is 175 Å². The molecule has 0 spiro atoms. The van der Waals surface area contributed by atoms with Gasteiger partial charge in [-0.15, -0.1) is 0 Å². The van der Waals surface area contributed by atoms with Crippen LogP contribution in [0, 0.1) is 0 Å². The number of allylic oxidation sites excluding steroid dienone is 1. The smallest absolute Gasteiger partial charge is 0.165 e. The second-order valence-electron chi connectivity index (χ2n) is 12.4. The first kappa shape index (κ1) is 29.5. The largest absolute Gasteiger partial charge is 0.456 e. The van der Waals surface area contributed by atoms with Gasteiger partial charge in [0, 0.05) is 27.5 Å². The van der Waals surface area contributed by atoms with Crippen LogP contribution < -0.4 is 0 Å². The molecular formula is C46H31N3O. The van der Waals surface area contributed by atoms with Gasteiger partial charge in [0.15, 0.2) is 17.5 Å². The fourth-order valence-electron chi connectivity index (χ4n) is 7.01. The summed E-state index contributed by atoms with van der Waals surface area (Å²) in [4.78, 5) is 15.7. The highest BCUT2D eigenvalue weighted by atomic mass is 16.3. The van der Waals surface area contributed by atoms with Crippen molar-refractivity contribution in [2.75, 3.05) is 0 Å². The quantitative estimate of drug-likeness (QED) is 0.163. The second kappa shape index (κ2) is 12.4. The standard InChI is InChI=1S/C46H31N3O/c1-2-30-15-6-7-16-31(30)20-14-21-32-27-28-41-43(38-25-12-13-26-40(38)50-41)42(32)46-48-44(33-17-4-3-5-18-33)47-45(49-46)39-29-34-19-8-9-22-35(34)36-23-10-11-24-37(36)39/h2-20,22-29H,1,21H2/b20-14-. The van der Waals surface area contributed by atoms with E-state index >= 15 is 0 Å². The Bertz CT molecular complexity index is 2760. The lowest BCUT2D eigenvalue weighted by Gasteiger charge is -2.14. The molecule has 0 fully saturated rings. The first-order valence-electron chi connectivity index (χ1n) is 16.8. The third-order valence-corrected chi connectivity index (χ3v) is 9.38. The lowest BCUT2D eigenvalue weighted by atomic mass is 9.96. The molecule has 0 saturated carbocycles. The molecule has 0 bridgehead atoms. The number of benzene rings is 7. The highest BCUT2D eigenvalue weighted by molar-refractivity contribution is 6.14. The number of rotatable bonds is 7. The van der Waals surface area contributed by atoms with E-state index in [4.69, 9.17) is 19.4 Å². The summed E-state index contributed by atoms with van der Waals surface area (Å²) in [5.74, 6) is 1.86. The van der Waals surface area contributed by atoms with Crippen molar-refractivity contribution < 1.29 is 4.42 Å². The maximum Gasteiger partial charge on any atom is 0.165 e. The van der Waals surface area contributed by atoms with Gasteiger partial charge < -0.3 is 4.42 Å². The van der Waals surface area contributed by atoms with Crippen molar-refractivity contribution in [3.8, 4) is 34.2 Å². The number of hydrogen-bond donors (Lipinski definition) is 0. The third-order valence-electron chi connectivity index (χ3n) is 9.38. The fourth-order valence-corrected chi connectivity index (χ4v) is 7.01. The van der Waals surface area contributed by atoms with Crippen molar-refractivity contribution >= 4 is 55.6 Å². The molecule has 0 aliphatic rings. The van der Waals surface area contributed by atoms with Crippen LogP contribution in [0.15, 0.2) is 163 Å². The van der Waals surface area contributed by atoms with Crippen LogP contribution in [0.5, 0.6) is 0 Å². The summed E-state index contributed by atoms with van der Waals surface area (Å²) < 4.78 is 6.41. The van der Waals surface area contributed by atoms with Gasteiger partial charge in [-0.1, -0.05) is 152 Å². The van der Waals surface area contributed by atoms with Gasteiger partial charge in [-0.05, 0) is 62.9 Å². The minimum absolute atomic E-state index is 0.609. The van der Waals surface area contributed by atoms with Crippen LogP contribution in [0.3, 0.4) is 0 Å². The van der Waals surface area contributed by atoms with E-state index in [1.807, 2.05) is 42.5 Å². The summed E-state index contributed by atoms with van der Waals surface area (Å²) in [5, 5.41) is 6.62. The first-order chi connectivity index (χ1) is 24.7. The Kier molecular flexibility index (Phi) is 7.33. The molecular weight excluding hydrogens is 611 g/mol. The van der Waals surface area contributed by atoms with Gasteiger partial charge in [0.2, 0.25) is 0 Å². The van der Waals surface area contributed by atoms with Crippen LogP contribution >= 0.6 is 0 Å².